The first-order valence-electron chi connectivity index (χ1n) is 6.78. The van der Waals surface area contributed by atoms with Crippen LogP contribution in [0.15, 0.2) is 6.07 Å². The van der Waals surface area contributed by atoms with Crippen molar-refractivity contribution in [3.63, 3.8) is 0 Å². The summed E-state index contributed by atoms with van der Waals surface area (Å²) in [6.07, 6.45) is 7.65. The average Bonchev–Trinajstić information content (AvgIpc) is 2.63. The third-order valence-electron chi connectivity index (χ3n) is 3.56. The number of rotatable bonds is 3. The van der Waals surface area contributed by atoms with Crippen molar-refractivity contribution >= 4 is 11.7 Å². The molecule has 1 atom stereocenters. The number of H-pyrrole nitrogens is 1. The van der Waals surface area contributed by atoms with Crippen LogP contribution in [0.5, 0.6) is 0 Å². The molecular formula is C13H22N4O. The van der Waals surface area contributed by atoms with E-state index in [4.69, 9.17) is 5.73 Å². The van der Waals surface area contributed by atoms with Gasteiger partial charge in [0.15, 0.2) is 5.82 Å². The number of nitrogens with two attached hydrogens (primary N) is 1. The van der Waals surface area contributed by atoms with Crippen LogP contribution in [0.1, 0.15) is 57.1 Å². The first-order valence-corrected chi connectivity index (χ1v) is 6.78. The second-order valence-corrected chi connectivity index (χ2v) is 5.17. The van der Waals surface area contributed by atoms with E-state index in [0.717, 1.165) is 5.69 Å². The van der Waals surface area contributed by atoms with Crippen LogP contribution >= 0.6 is 0 Å². The molecule has 1 saturated carbocycles. The number of carbonyl (C=O) groups is 1. The van der Waals surface area contributed by atoms with E-state index in [1.807, 2.05) is 6.07 Å². The van der Waals surface area contributed by atoms with Gasteiger partial charge in [-0.25, -0.2) is 0 Å². The lowest BCUT2D eigenvalue weighted by Gasteiger charge is -2.10. The molecule has 1 aliphatic rings. The Morgan fingerprint density at radius 2 is 2.11 bits per heavy atom. The quantitative estimate of drug-likeness (QED) is 0.718. The smallest absolute Gasteiger partial charge is 0.242 e. The monoisotopic (exact) mass is 250 g/mol. The van der Waals surface area contributed by atoms with E-state index in [1.54, 1.807) is 6.92 Å². The van der Waals surface area contributed by atoms with Gasteiger partial charge in [-0.05, 0) is 19.8 Å². The fourth-order valence-corrected chi connectivity index (χ4v) is 2.44. The largest absolute Gasteiger partial charge is 0.320 e. The topological polar surface area (TPSA) is 83.8 Å². The zero-order valence-corrected chi connectivity index (χ0v) is 10.9. The van der Waals surface area contributed by atoms with Gasteiger partial charge in [-0.2, -0.15) is 5.10 Å². The molecule has 2 rings (SSSR count). The maximum absolute atomic E-state index is 11.5. The molecule has 0 bridgehead atoms. The Hall–Kier alpha value is -1.36. The molecule has 100 valence electrons. The number of amides is 1. The molecule has 1 heterocycles. The summed E-state index contributed by atoms with van der Waals surface area (Å²) >= 11 is 0. The van der Waals surface area contributed by atoms with Crippen molar-refractivity contribution in [2.24, 2.45) is 5.73 Å². The van der Waals surface area contributed by atoms with Crippen molar-refractivity contribution in [1.82, 2.24) is 10.2 Å². The summed E-state index contributed by atoms with van der Waals surface area (Å²) in [5, 5.41) is 9.88. The number of carbonyl (C=O) groups excluding carboxylic acids is 1. The highest BCUT2D eigenvalue weighted by molar-refractivity contribution is 5.93. The van der Waals surface area contributed by atoms with Gasteiger partial charge in [0.05, 0.1) is 6.04 Å². The molecule has 1 fully saturated rings. The van der Waals surface area contributed by atoms with Gasteiger partial charge in [-0.1, -0.05) is 25.7 Å². The SMILES string of the molecule is C[C@H](N)C(=O)Nc1cc(C2CCCCCC2)[nH]n1. The fourth-order valence-electron chi connectivity index (χ4n) is 2.44. The van der Waals surface area contributed by atoms with Crippen molar-refractivity contribution < 1.29 is 4.79 Å². The van der Waals surface area contributed by atoms with Crippen LogP contribution in [0.4, 0.5) is 5.82 Å². The molecule has 0 spiro atoms. The van der Waals surface area contributed by atoms with Crippen LogP contribution < -0.4 is 11.1 Å². The van der Waals surface area contributed by atoms with E-state index in [-0.39, 0.29) is 5.91 Å². The molecule has 1 aromatic rings. The van der Waals surface area contributed by atoms with Crippen molar-refractivity contribution in [2.45, 2.75) is 57.4 Å². The van der Waals surface area contributed by atoms with Crippen LogP contribution in [0.2, 0.25) is 0 Å². The molecule has 0 aromatic carbocycles. The number of hydrogen-bond acceptors (Lipinski definition) is 3. The second-order valence-electron chi connectivity index (χ2n) is 5.17. The van der Waals surface area contributed by atoms with Crippen LogP contribution in [0.25, 0.3) is 0 Å². The Bertz CT molecular complexity index is 391. The fraction of sp³-hybridized carbons (Fsp3) is 0.692. The summed E-state index contributed by atoms with van der Waals surface area (Å²) < 4.78 is 0. The van der Waals surface area contributed by atoms with Crippen molar-refractivity contribution in [2.75, 3.05) is 5.32 Å². The molecule has 1 aromatic heterocycles. The lowest BCUT2D eigenvalue weighted by molar-refractivity contribution is -0.117. The number of nitrogens with zero attached hydrogens (tertiary/aromatic N) is 1. The maximum atomic E-state index is 11.5. The Morgan fingerprint density at radius 3 is 2.72 bits per heavy atom. The van der Waals surface area contributed by atoms with E-state index < -0.39 is 6.04 Å². The Morgan fingerprint density at radius 1 is 1.44 bits per heavy atom. The van der Waals surface area contributed by atoms with Crippen molar-refractivity contribution in [3.8, 4) is 0 Å². The van der Waals surface area contributed by atoms with Crippen LogP contribution in [-0.2, 0) is 4.79 Å². The van der Waals surface area contributed by atoms with Gasteiger partial charge in [0.1, 0.15) is 0 Å². The van der Waals surface area contributed by atoms with Crippen LogP contribution in [0, 0.1) is 0 Å². The minimum Gasteiger partial charge on any atom is -0.320 e. The average molecular weight is 250 g/mol. The summed E-state index contributed by atoms with van der Waals surface area (Å²) in [7, 11) is 0. The molecule has 1 aliphatic carbocycles. The highest BCUT2D eigenvalue weighted by Gasteiger charge is 2.17. The lowest BCUT2D eigenvalue weighted by Crippen LogP contribution is -2.32. The lowest BCUT2D eigenvalue weighted by atomic mass is 9.97. The van der Waals surface area contributed by atoms with Gasteiger partial charge in [0.25, 0.3) is 0 Å². The van der Waals surface area contributed by atoms with E-state index in [2.05, 4.69) is 15.5 Å². The van der Waals surface area contributed by atoms with Crippen LogP contribution in [0.3, 0.4) is 0 Å². The van der Waals surface area contributed by atoms with Crippen molar-refractivity contribution in [3.05, 3.63) is 11.8 Å². The first kappa shape index (κ1) is 13.1. The number of anilines is 1. The number of aromatic amines is 1. The number of aromatic nitrogens is 2. The molecule has 5 heteroatoms. The van der Waals surface area contributed by atoms with Gasteiger partial charge in [0.2, 0.25) is 5.91 Å². The Labute approximate surface area is 108 Å². The van der Waals surface area contributed by atoms with Gasteiger partial charge in [0, 0.05) is 17.7 Å². The zero-order valence-electron chi connectivity index (χ0n) is 10.9. The summed E-state index contributed by atoms with van der Waals surface area (Å²) in [4.78, 5) is 11.5. The highest BCUT2D eigenvalue weighted by Crippen LogP contribution is 2.31. The zero-order chi connectivity index (χ0) is 13.0. The molecule has 0 unspecified atom stereocenters. The summed E-state index contributed by atoms with van der Waals surface area (Å²) in [6, 6.07) is 1.43. The summed E-state index contributed by atoms with van der Waals surface area (Å²) in [6.45, 7) is 1.66. The van der Waals surface area contributed by atoms with E-state index in [1.165, 1.54) is 38.5 Å². The number of hydrogen-bond donors (Lipinski definition) is 3. The minimum absolute atomic E-state index is 0.200. The third kappa shape index (κ3) is 3.32. The van der Waals surface area contributed by atoms with Crippen molar-refractivity contribution in [1.29, 1.82) is 0 Å². The Balaban J connectivity index is 1.98. The molecule has 1 amide bonds. The summed E-state index contributed by atoms with van der Waals surface area (Å²) in [5.74, 6) is 0.936. The van der Waals surface area contributed by atoms with E-state index in [0.29, 0.717) is 11.7 Å². The minimum atomic E-state index is -0.511. The molecule has 0 radical (unpaired) electrons. The molecule has 4 N–H and O–H groups in total. The number of nitrogens with one attached hydrogen (secondary N) is 2. The molecule has 0 aliphatic heterocycles. The van der Waals surface area contributed by atoms with Gasteiger partial charge < -0.3 is 11.1 Å². The standard InChI is InChI=1S/C13H22N4O/c1-9(14)13(18)15-12-8-11(16-17-12)10-6-4-2-3-5-7-10/h8-10H,2-7,14H2,1H3,(H2,15,16,17,18)/t9-/m0/s1. The van der Waals surface area contributed by atoms with Gasteiger partial charge in [-0.15, -0.1) is 0 Å². The summed E-state index contributed by atoms with van der Waals surface area (Å²) in [5.41, 5.74) is 6.64. The maximum Gasteiger partial charge on any atom is 0.242 e. The molecular weight excluding hydrogens is 228 g/mol. The van der Waals surface area contributed by atoms with E-state index >= 15 is 0 Å². The van der Waals surface area contributed by atoms with Gasteiger partial charge >= 0.3 is 0 Å². The predicted octanol–water partition coefficient (Wildman–Crippen LogP) is 2.13. The van der Waals surface area contributed by atoms with Gasteiger partial charge in [-0.3, -0.25) is 9.89 Å². The molecule has 5 nitrogen and oxygen atoms in total. The van der Waals surface area contributed by atoms with Crippen LogP contribution in [-0.4, -0.2) is 22.1 Å². The Kier molecular flexibility index (Phi) is 4.36. The normalized spacial score (nSPS) is 19.2. The molecule has 0 saturated heterocycles. The predicted molar refractivity (Wildman–Crippen MR) is 71.3 cm³/mol. The first-order chi connectivity index (χ1) is 8.66. The third-order valence-corrected chi connectivity index (χ3v) is 3.56. The highest BCUT2D eigenvalue weighted by atomic mass is 16.2. The van der Waals surface area contributed by atoms with E-state index in [9.17, 15) is 4.79 Å². The molecule has 18 heavy (non-hydrogen) atoms. The second kappa shape index (κ2) is 6.00.